The average molecular weight is 368 g/mol. The first-order chi connectivity index (χ1) is 12.9. The maximum atomic E-state index is 13.0. The first-order valence-electron chi connectivity index (χ1n) is 8.99. The predicted octanol–water partition coefficient (Wildman–Crippen LogP) is 3.01. The summed E-state index contributed by atoms with van der Waals surface area (Å²) in [5.41, 5.74) is 2.40. The Morgan fingerprint density at radius 1 is 1.26 bits per heavy atom. The highest BCUT2D eigenvalue weighted by Gasteiger charge is 2.44. The number of carbonyl (C=O) groups excluding carboxylic acids is 1. The first kappa shape index (κ1) is 19.0. The van der Waals surface area contributed by atoms with Gasteiger partial charge in [0.2, 0.25) is 0 Å². The van der Waals surface area contributed by atoms with E-state index < -0.39 is 11.4 Å². The van der Waals surface area contributed by atoms with Gasteiger partial charge in [-0.15, -0.1) is 0 Å². The lowest BCUT2D eigenvalue weighted by molar-refractivity contribution is -0.155. The Balaban J connectivity index is 1.85. The monoisotopic (exact) mass is 368 g/mol. The number of methoxy groups -OCH3 is 1. The quantitative estimate of drug-likeness (QED) is 0.878. The third kappa shape index (κ3) is 4.01. The Bertz CT molecular complexity index is 848. The molecule has 1 aromatic heterocycles. The molecule has 0 aliphatic carbocycles. The molecule has 0 radical (unpaired) electrons. The van der Waals surface area contributed by atoms with Gasteiger partial charge in [0.25, 0.3) is 5.91 Å². The van der Waals surface area contributed by atoms with Gasteiger partial charge in [0.15, 0.2) is 0 Å². The SMILES string of the molecule is COCC1(C(=O)O)CCCN(C(=O)c2cncc(-c3cccc(C)c3)c2)C1. The van der Waals surface area contributed by atoms with Gasteiger partial charge in [-0.05, 0) is 31.4 Å². The van der Waals surface area contributed by atoms with E-state index in [0.29, 0.717) is 24.9 Å². The van der Waals surface area contributed by atoms with Crippen LogP contribution in [0.25, 0.3) is 11.1 Å². The maximum absolute atomic E-state index is 13.0. The summed E-state index contributed by atoms with van der Waals surface area (Å²) in [5, 5.41) is 9.68. The Hall–Kier alpha value is -2.73. The van der Waals surface area contributed by atoms with Crippen molar-refractivity contribution in [1.29, 1.82) is 0 Å². The maximum Gasteiger partial charge on any atom is 0.313 e. The van der Waals surface area contributed by atoms with E-state index in [1.165, 1.54) is 13.3 Å². The molecule has 0 bridgehead atoms. The van der Waals surface area contributed by atoms with E-state index in [-0.39, 0.29) is 19.1 Å². The number of carboxylic acid groups (broad SMARTS) is 1. The number of hydrogen-bond acceptors (Lipinski definition) is 4. The van der Waals surface area contributed by atoms with Crippen LogP contribution in [0.5, 0.6) is 0 Å². The fourth-order valence-electron chi connectivity index (χ4n) is 3.66. The number of piperidine rings is 1. The van der Waals surface area contributed by atoms with Crippen molar-refractivity contribution in [2.75, 3.05) is 26.8 Å². The zero-order valence-electron chi connectivity index (χ0n) is 15.6. The Morgan fingerprint density at radius 3 is 2.78 bits per heavy atom. The molecule has 0 spiro atoms. The largest absolute Gasteiger partial charge is 0.481 e. The summed E-state index contributed by atoms with van der Waals surface area (Å²) in [7, 11) is 1.49. The molecule has 1 saturated heterocycles. The number of benzene rings is 1. The molecule has 1 aliphatic heterocycles. The van der Waals surface area contributed by atoms with E-state index in [1.807, 2.05) is 37.3 Å². The number of aryl methyl sites for hydroxylation is 1. The highest BCUT2D eigenvalue weighted by Crippen LogP contribution is 2.32. The number of rotatable bonds is 5. The Labute approximate surface area is 158 Å². The number of carboxylic acids is 1. The van der Waals surface area contributed by atoms with Gasteiger partial charge in [0, 0.05) is 38.2 Å². The van der Waals surface area contributed by atoms with Crippen molar-refractivity contribution >= 4 is 11.9 Å². The van der Waals surface area contributed by atoms with Crippen molar-refractivity contribution in [2.24, 2.45) is 5.41 Å². The molecule has 1 fully saturated rings. The van der Waals surface area contributed by atoms with Gasteiger partial charge in [-0.2, -0.15) is 0 Å². The normalized spacial score (nSPS) is 19.7. The lowest BCUT2D eigenvalue weighted by Gasteiger charge is -2.39. The van der Waals surface area contributed by atoms with Crippen LogP contribution in [0.2, 0.25) is 0 Å². The van der Waals surface area contributed by atoms with Crippen LogP contribution in [0.3, 0.4) is 0 Å². The number of aliphatic carboxylic acids is 1. The Morgan fingerprint density at radius 2 is 2.07 bits per heavy atom. The molecule has 6 nitrogen and oxygen atoms in total. The second-order valence-electron chi connectivity index (χ2n) is 7.18. The summed E-state index contributed by atoms with van der Waals surface area (Å²) >= 11 is 0. The molecule has 1 unspecified atom stereocenters. The van der Waals surface area contributed by atoms with Crippen LogP contribution in [-0.2, 0) is 9.53 Å². The summed E-state index contributed by atoms with van der Waals surface area (Å²) in [6.07, 6.45) is 4.40. The predicted molar refractivity (Wildman–Crippen MR) is 101 cm³/mol. The van der Waals surface area contributed by atoms with E-state index >= 15 is 0 Å². The summed E-state index contributed by atoms with van der Waals surface area (Å²) in [4.78, 5) is 30.7. The summed E-state index contributed by atoms with van der Waals surface area (Å²) in [6, 6.07) is 9.82. The molecule has 1 amide bonds. The van der Waals surface area contributed by atoms with Gasteiger partial charge >= 0.3 is 5.97 Å². The molecule has 2 heterocycles. The highest BCUT2D eigenvalue weighted by atomic mass is 16.5. The molecule has 27 heavy (non-hydrogen) atoms. The summed E-state index contributed by atoms with van der Waals surface area (Å²) in [5.74, 6) is -1.12. The van der Waals surface area contributed by atoms with Crippen LogP contribution >= 0.6 is 0 Å². The minimum absolute atomic E-state index is 0.0910. The van der Waals surface area contributed by atoms with Crippen molar-refractivity contribution in [2.45, 2.75) is 19.8 Å². The van der Waals surface area contributed by atoms with Crippen LogP contribution in [0.4, 0.5) is 0 Å². The number of pyridine rings is 1. The zero-order chi connectivity index (χ0) is 19.4. The van der Waals surface area contributed by atoms with E-state index in [4.69, 9.17) is 4.74 Å². The van der Waals surface area contributed by atoms with E-state index in [9.17, 15) is 14.7 Å². The van der Waals surface area contributed by atoms with Crippen molar-refractivity contribution in [3.63, 3.8) is 0 Å². The van der Waals surface area contributed by atoms with Gasteiger partial charge in [-0.25, -0.2) is 0 Å². The Kier molecular flexibility index (Phi) is 5.56. The lowest BCUT2D eigenvalue weighted by Crippen LogP contribution is -2.52. The third-order valence-electron chi connectivity index (χ3n) is 5.08. The molecular formula is C21H24N2O4. The van der Waals surface area contributed by atoms with Gasteiger partial charge < -0.3 is 14.7 Å². The van der Waals surface area contributed by atoms with Gasteiger partial charge in [-0.1, -0.05) is 29.8 Å². The van der Waals surface area contributed by atoms with Crippen molar-refractivity contribution in [3.8, 4) is 11.1 Å². The van der Waals surface area contributed by atoms with Gasteiger partial charge in [0.05, 0.1) is 12.2 Å². The molecule has 1 N–H and O–H groups in total. The fourth-order valence-corrected chi connectivity index (χ4v) is 3.66. The molecule has 1 atom stereocenters. The molecule has 1 aliphatic rings. The van der Waals surface area contributed by atoms with Crippen LogP contribution in [0.15, 0.2) is 42.7 Å². The van der Waals surface area contributed by atoms with E-state index in [2.05, 4.69) is 4.98 Å². The number of hydrogen-bond donors (Lipinski definition) is 1. The topological polar surface area (TPSA) is 79.7 Å². The minimum atomic E-state index is -1.05. The average Bonchev–Trinajstić information content (AvgIpc) is 2.68. The number of likely N-dealkylation sites (tertiary alicyclic amines) is 1. The third-order valence-corrected chi connectivity index (χ3v) is 5.08. The molecular weight excluding hydrogens is 344 g/mol. The van der Waals surface area contributed by atoms with E-state index in [1.54, 1.807) is 11.1 Å². The van der Waals surface area contributed by atoms with Crippen molar-refractivity contribution in [3.05, 3.63) is 53.9 Å². The highest BCUT2D eigenvalue weighted by molar-refractivity contribution is 5.95. The molecule has 6 heteroatoms. The second kappa shape index (κ2) is 7.88. The lowest BCUT2D eigenvalue weighted by atomic mass is 9.80. The standard InChI is InChI=1S/C21H24N2O4/c1-15-5-3-6-16(9-15)17-10-18(12-22-11-17)19(24)23-8-4-7-21(13-23,14-27-2)20(25)26/h3,5-6,9-12H,4,7-8,13-14H2,1-2H3,(H,25,26). The van der Waals surface area contributed by atoms with Crippen LogP contribution in [0, 0.1) is 12.3 Å². The van der Waals surface area contributed by atoms with Crippen LogP contribution < -0.4 is 0 Å². The van der Waals surface area contributed by atoms with Gasteiger partial charge in [0.1, 0.15) is 5.41 Å². The molecule has 0 saturated carbocycles. The van der Waals surface area contributed by atoms with Crippen LogP contribution in [0.1, 0.15) is 28.8 Å². The smallest absolute Gasteiger partial charge is 0.313 e. The molecule has 142 valence electrons. The summed E-state index contributed by atoms with van der Waals surface area (Å²) in [6.45, 7) is 2.78. The minimum Gasteiger partial charge on any atom is -0.481 e. The number of amides is 1. The van der Waals surface area contributed by atoms with Crippen LogP contribution in [-0.4, -0.2) is 53.7 Å². The number of ether oxygens (including phenoxy) is 1. The number of nitrogens with zero attached hydrogens (tertiary/aromatic N) is 2. The van der Waals surface area contributed by atoms with Crippen molar-refractivity contribution in [1.82, 2.24) is 9.88 Å². The van der Waals surface area contributed by atoms with E-state index in [0.717, 1.165) is 16.7 Å². The van der Waals surface area contributed by atoms with Gasteiger partial charge in [-0.3, -0.25) is 14.6 Å². The zero-order valence-corrected chi connectivity index (χ0v) is 15.6. The van der Waals surface area contributed by atoms with Crippen molar-refractivity contribution < 1.29 is 19.4 Å². The molecule has 3 rings (SSSR count). The first-order valence-corrected chi connectivity index (χ1v) is 8.99. The number of carbonyl (C=O) groups is 2. The summed E-state index contributed by atoms with van der Waals surface area (Å²) < 4.78 is 5.14. The second-order valence-corrected chi connectivity index (χ2v) is 7.18. The molecule has 2 aromatic rings. The number of aromatic nitrogens is 1. The molecule has 1 aromatic carbocycles. The fraction of sp³-hybridized carbons (Fsp3) is 0.381.